The molecule has 1 amide bonds. The molecule has 0 saturated carbocycles. The third-order valence-corrected chi connectivity index (χ3v) is 11.8. The number of hydrogen-bond acceptors (Lipinski definition) is 4. The summed E-state index contributed by atoms with van der Waals surface area (Å²) in [6.45, 7) is 15.4. The zero-order valence-corrected chi connectivity index (χ0v) is 24.0. The van der Waals surface area contributed by atoms with Crippen LogP contribution in [0.4, 0.5) is 10.5 Å². The van der Waals surface area contributed by atoms with E-state index in [4.69, 9.17) is 9.16 Å². The Morgan fingerprint density at radius 2 is 1.19 bits per heavy atom. The molecule has 196 valence electrons. The highest BCUT2D eigenvalue weighted by molar-refractivity contribution is 7.00. The van der Waals surface area contributed by atoms with Gasteiger partial charge in [-0.25, -0.2) is 4.79 Å². The summed E-state index contributed by atoms with van der Waals surface area (Å²) in [6, 6.07) is 29.9. The van der Waals surface area contributed by atoms with Crippen LogP contribution in [-0.4, -0.2) is 51.1 Å². The van der Waals surface area contributed by atoms with Gasteiger partial charge in [0.05, 0.1) is 0 Å². The van der Waals surface area contributed by atoms with Gasteiger partial charge in [0.15, 0.2) is 0 Å². The van der Waals surface area contributed by atoms with Gasteiger partial charge in [-0.3, -0.25) is 0 Å². The second kappa shape index (κ2) is 10.6. The van der Waals surface area contributed by atoms with E-state index in [1.807, 2.05) is 20.8 Å². The number of nitrogens with zero attached hydrogens (tertiary/aromatic N) is 2. The summed E-state index contributed by atoms with van der Waals surface area (Å²) in [5.41, 5.74) is 0.661. The van der Waals surface area contributed by atoms with E-state index in [-0.39, 0.29) is 11.1 Å². The molecule has 5 nitrogen and oxygen atoms in total. The lowest BCUT2D eigenvalue weighted by Crippen LogP contribution is -2.68. The maximum absolute atomic E-state index is 12.4. The number of anilines is 1. The molecule has 0 unspecified atom stereocenters. The van der Waals surface area contributed by atoms with Crippen molar-refractivity contribution in [3.63, 3.8) is 0 Å². The molecule has 1 heterocycles. The average Bonchev–Trinajstić information content (AvgIpc) is 2.87. The first-order chi connectivity index (χ1) is 17.5. The summed E-state index contributed by atoms with van der Waals surface area (Å²) in [6.07, 6.45) is -0.235. The van der Waals surface area contributed by atoms with E-state index in [1.54, 1.807) is 4.90 Å². The van der Waals surface area contributed by atoms with Crippen LogP contribution in [0.15, 0.2) is 84.9 Å². The summed E-state index contributed by atoms with van der Waals surface area (Å²) in [7, 11) is -2.66. The lowest BCUT2D eigenvalue weighted by molar-refractivity contribution is 0.0240. The number of hydrogen-bond donors (Lipinski definition) is 0. The predicted molar refractivity (Wildman–Crippen MR) is 155 cm³/mol. The molecule has 1 aliphatic heterocycles. The van der Waals surface area contributed by atoms with Gasteiger partial charge in [0, 0.05) is 31.9 Å². The fourth-order valence-corrected chi connectivity index (χ4v) is 9.45. The molecule has 0 aliphatic carbocycles. The minimum absolute atomic E-state index is 0.0909. The van der Waals surface area contributed by atoms with Crippen molar-refractivity contribution < 1.29 is 14.0 Å². The first kappa shape index (κ1) is 26.8. The van der Waals surface area contributed by atoms with Gasteiger partial charge in [-0.1, -0.05) is 81.4 Å². The minimum Gasteiger partial charge on any atom is -0.534 e. The number of amides is 1. The first-order valence-electron chi connectivity index (χ1n) is 13.1. The maximum atomic E-state index is 12.4. The molecule has 0 atom stereocenters. The van der Waals surface area contributed by atoms with Crippen molar-refractivity contribution in [3.8, 4) is 5.75 Å². The summed E-state index contributed by atoms with van der Waals surface area (Å²) in [5.74, 6) is 0.880. The van der Waals surface area contributed by atoms with Crippen molar-refractivity contribution in [3.05, 3.63) is 84.9 Å². The largest absolute Gasteiger partial charge is 0.534 e. The highest BCUT2D eigenvalue weighted by atomic mass is 28.4. The Labute approximate surface area is 223 Å². The third-order valence-electron chi connectivity index (χ3n) is 6.82. The molecule has 3 aromatic carbocycles. The Bertz CT molecular complexity index is 1120. The Balaban J connectivity index is 1.55. The molecule has 1 saturated heterocycles. The van der Waals surface area contributed by atoms with Crippen molar-refractivity contribution >= 4 is 30.5 Å². The average molecular weight is 517 g/mol. The van der Waals surface area contributed by atoms with Crippen molar-refractivity contribution in [1.29, 1.82) is 0 Å². The standard InChI is InChI=1S/C31H40N2O3Si/c1-30(2,3)35-29(34)33-23-21-32(22-24-33)25-17-19-26(20-18-25)36-37(31(4,5)6,27-13-9-7-10-14-27)28-15-11-8-12-16-28/h7-20H,21-24H2,1-6H3. The molecule has 1 fully saturated rings. The first-order valence-corrected chi connectivity index (χ1v) is 15.0. The molecule has 4 rings (SSSR count). The van der Waals surface area contributed by atoms with Gasteiger partial charge < -0.3 is 19.0 Å². The van der Waals surface area contributed by atoms with Crippen LogP contribution in [-0.2, 0) is 4.74 Å². The van der Waals surface area contributed by atoms with E-state index in [0.717, 1.165) is 24.5 Å². The number of carbonyl (C=O) groups is 1. The van der Waals surface area contributed by atoms with Crippen LogP contribution < -0.4 is 19.7 Å². The van der Waals surface area contributed by atoms with E-state index in [1.165, 1.54) is 10.4 Å². The summed E-state index contributed by atoms with van der Waals surface area (Å²) < 4.78 is 12.7. The lowest BCUT2D eigenvalue weighted by atomic mass is 10.2. The van der Waals surface area contributed by atoms with Crippen LogP contribution in [0.1, 0.15) is 41.5 Å². The molecular formula is C31H40N2O3Si. The molecule has 0 aromatic heterocycles. The van der Waals surface area contributed by atoms with Crippen LogP contribution in [0.3, 0.4) is 0 Å². The Morgan fingerprint density at radius 3 is 1.62 bits per heavy atom. The number of piperazine rings is 1. The molecule has 0 bridgehead atoms. The zero-order chi connectivity index (χ0) is 26.7. The van der Waals surface area contributed by atoms with Crippen LogP contribution in [0.2, 0.25) is 5.04 Å². The quantitative estimate of drug-likeness (QED) is 0.409. The van der Waals surface area contributed by atoms with Gasteiger partial charge in [0.2, 0.25) is 0 Å². The van der Waals surface area contributed by atoms with Gasteiger partial charge >= 0.3 is 14.4 Å². The fourth-order valence-electron chi connectivity index (χ4n) is 5.02. The predicted octanol–water partition coefficient (Wildman–Crippen LogP) is 5.68. The minimum atomic E-state index is -2.66. The molecule has 0 N–H and O–H groups in total. The SMILES string of the molecule is CC(C)(C)OC(=O)N1CCN(c2ccc(O[Si](c3ccccc3)(c3ccccc3)C(C)(C)C)cc2)CC1. The van der Waals surface area contributed by atoms with Crippen LogP contribution in [0.25, 0.3) is 0 Å². The molecule has 37 heavy (non-hydrogen) atoms. The second-order valence-corrected chi connectivity index (χ2v) is 15.9. The summed E-state index contributed by atoms with van der Waals surface area (Å²) in [5, 5.41) is 2.43. The van der Waals surface area contributed by atoms with Crippen LogP contribution in [0.5, 0.6) is 5.75 Å². The van der Waals surface area contributed by atoms with Crippen LogP contribution >= 0.6 is 0 Å². The van der Waals surface area contributed by atoms with Crippen molar-refractivity contribution in [2.45, 2.75) is 52.2 Å². The summed E-state index contributed by atoms with van der Waals surface area (Å²) in [4.78, 5) is 16.5. The molecule has 3 aromatic rings. The highest BCUT2D eigenvalue weighted by Gasteiger charge is 2.52. The van der Waals surface area contributed by atoms with Gasteiger partial charge in [-0.05, 0) is 60.4 Å². The van der Waals surface area contributed by atoms with Gasteiger partial charge in [0.25, 0.3) is 0 Å². The van der Waals surface area contributed by atoms with Crippen molar-refractivity contribution in [2.24, 2.45) is 0 Å². The topological polar surface area (TPSA) is 42.0 Å². The lowest BCUT2D eigenvalue weighted by Gasteiger charge is -2.43. The highest BCUT2D eigenvalue weighted by Crippen LogP contribution is 2.38. The number of benzene rings is 3. The number of ether oxygens (including phenoxy) is 1. The van der Waals surface area contributed by atoms with Crippen molar-refractivity contribution in [2.75, 3.05) is 31.1 Å². The smallest absolute Gasteiger partial charge is 0.410 e. The third kappa shape index (κ3) is 6.01. The maximum Gasteiger partial charge on any atom is 0.410 e. The van der Waals surface area contributed by atoms with Gasteiger partial charge in [-0.15, -0.1) is 0 Å². The van der Waals surface area contributed by atoms with Gasteiger partial charge in [0.1, 0.15) is 11.4 Å². The second-order valence-electron chi connectivity index (χ2n) is 11.7. The monoisotopic (exact) mass is 516 g/mol. The Morgan fingerprint density at radius 1 is 0.703 bits per heavy atom. The van der Waals surface area contributed by atoms with Crippen LogP contribution in [0, 0.1) is 0 Å². The van der Waals surface area contributed by atoms with E-state index in [0.29, 0.717) is 13.1 Å². The van der Waals surface area contributed by atoms with E-state index in [2.05, 4.69) is 111 Å². The Kier molecular flexibility index (Phi) is 7.69. The molecule has 1 aliphatic rings. The van der Waals surface area contributed by atoms with E-state index >= 15 is 0 Å². The Hall–Kier alpha value is -3.25. The molecule has 6 heteroatoms. The number of carbonyl (C=O) groups excluding carboxylic acids is 1. The zero-order valence-electron chi connectivity index (χ0n) is 23.0. The molecule has 0 spiro atoms. The number of rotatable bonds is 5. The van der Waals surface area contributed by atoms with E-state index in [9.17, 15) is 4.79 Å². The molecular weight excluding hydrogens is 476 g/mol. The van der Waals surface area contributed by atoms with Gasteiger partial charge in [-0.2, -0.15) is 0 Å². The molecule has 0 radical (unpaired) electrons. The summed E-state index contributed by atoms with van der Waals surface area (Å²) >= 11 is 0. The normalized spacial score (nSPS) is 14.9. The van der Waals surface area contributed by atoms with E-state index < -0.39 is 13.9 Å². The van der Waals surface area contributed by atoms with Crippen molar-refractivity contribution in [1.82, 2.24) is 4.90 Å². The fraction of sp³-hybridized carbons (Fsp3) is 0.387.